The molecule has 3 rings (SSSR count). The molecule has 0 saturated heterocycles. The van der Waals surface area contributed by atoms with Crippen LogP contribution in [0, 0.1) is 0 Å². The molecule has 28 heavy (non-hydrogen) atoms. The third-order valence-electron chi connectivity index (χ3n) is 4.43. The van der Waals surface area contributed by atoms with Gasteiger partial charge in [0.25, 0.3) is 5.91 Å². The SMILES string of the molecule is COC(=O)[C@@H](Cc1c[nH]c2ccccc12)NC(=O)c1ccc(S(C)(=O)=O)cc1. The third kappa shape index (κ3) is 4.23. The van der Waals surface area contributed by atoms with Crippen molar-refractivity contribution in [3.8, 4) is 0 Å². The van der Waals surface area contributed by atoms with Crippen LogP contribution in [-0.2, 0) is 25.8 Å². The summed E-state index contributed by atoms with van der Waals surface area (Å²) >= 11 is 0. The highest BCUT2D eigenvalue weighted by Gasteiger charge is 2.24. The number of sulfone groups is 1. The fraction of sp³-hybridized carbons (Fsp3) is 0.200. The molecule has 1 atom stereocenters. The quantitative estimate of drug-likeness (QED) is 0.617. The van der Waals surface area contributed by atoms with E-state index in [4.69, 9.17) is 4.74 Å². The van der Waals surface area contributed by atoms with Crippen LogP contribution in [0.4, 0.5) is 0 Å². The fourth-order valence-corrected chi connectivity index (χ4v) is 3.58. The van der Waals surface area contributed by atoms with Crippen LogP contribution in [0.2, 0.25) is 0 Å². The zero-order valence-electron chi connectivity index (χ0n) is 15.4. The Morgan fingerprint density at radius 2 is 1.79 bits per heavy atom. The maximum absolute atomic E-state index is 12.6. The zero-order chi connectivity index (χ0) is 20.3. The Morgan fingerprint density at radius 3 is 2.43 bits per heavy atom. The monoisotopic (exact) mass is 400 g/mol. The Kier molecular flexibility index (Phi) is 5.51. The number of hydrogen-bond donors (Lipinski definition) is 2. The number of aromatic nitrogens is 1. The largest absolute Gasteiger partial charge is 0.467 e. The Balaban J connectivity index is 1.81. The van der Waals surface area contributed by atoms with Gasteiger partial charge in [0.15, 0.2) is 9.84 Å². The van der Waals surface area contributed by atoms with E-state index in [1.54, 1.807) is 6.20 Å². The Hall–Kier alpha value is -3.13. The number of H-pyrrole nitrogens is 1. The van der Waals surface area contributed by atoms with Crippen molar-refractivity contribution in [1.29, 1.82) is 0 Å². The molecule has 3 aromatic rings. The first-order valence-corrected chi connectivity index (χ1v) is 10.4. The van der Waals surface area contributed by atoms with E-state index in [0.29, 0.717) is 0 Å². The van der Waals surface area contributed by atoms with Crippen LogP contribution in [0.1, 0.15) is 15.9 Å². The Labute approximate surface area is 162 Å². The van der Waals surface area contributed by atoms with Crippen LogP contribution >= 0.6 is 0 Å². The third-order valence-corrected chi connectivity index (χ3v) is 5.56. The lowest BCUT2D eigenvalue weighted by Gasteiger charge is -2.16. The van der Waals surface area contributed by atoms with Crippen molar-refractivity contribution >= 4 is 32.6 Å². The van der Waals surface area contributed by atoms with Crippen LogP contribution in [-0.4, -0.2) is 44.7 Å². The first kappa shape index (κ1) is 19.6. The van der Waals surface area contributed by atoms with Crippen molar-refractivity contribution in [2.24, 2.45) is 0 Å². The number of rotatable bonds is 6. The molecule has 0 aliphatic heterocycles. The minimum absolute atomic E-state index is 0.118. The predicted octanol–water partition coefficient (Wildman–Crippen LogP) is 2.09. The highest BCUT2D eigenvalue weighted by Crippen LogP contribution is 2.19. The lowest BCUT2D eigenvalue weighted by atomic mass is 10.0. The smallest absolute Gasteiger partial charge is 0.328 e. The second-order valence-electron chi connectivity index (χ2n) is 6.41. The average molecular weight is 400 g/mol. The van der Waals surface area contributed by atoms with E-state index < -0.39 is 27.8 Å². The summed E-state index contributed by atoms with van der Waals surface area (Å²) in [6.07, 6.45) is 3.15. The number of ether oxygens (including phenoxy) is 1. The van der Waals surface area contributed by atoms with E-state index in [2.05, 4.69) is 10.3 Å². The van der Waals surface area contributed by atoms with Gasteiger partial charge in [-0.1, -0.05) is 18.2 Å². The number of fused-ring (bicyclic) bond motifs is 1. The number of nitrogens with one attached hydrogen (secondary N) is 2. The molecule has 1 aromatic heterocycles. The van der Waals surface area contributed by atoms with Crippen molar-refractivity contribution in [3.05, 3.63) is 65.9 Å². The van der Waals surface area contributed by atoms with Gasteiger partial charge in [0.2, 0.25) is 0 Å². The molecule has 7 nitrogen and oxygen atoms in total. The molecule has 0 spiro atoms. The molecule has 0 unspecified atom stereocenters. The Bertz CT molecular complexity index is 1120. The fourth-order valence-electron chi connectivity index (χ4n) is 2.95. The summed E-state index contributed by atoms with van der Waals surface area (Å²) in [7, 11) is -2.09. The van der Waals surface area contributed by atoms with Gasteiger partial charge in [0.1, 0.15) is 6.04 Å². The molecular weight excluding hydrogens is 380 g/mol. The maximum atomic E-state index is 12.6. The molecule has 2 aromatic carbocycles. The van der Waals surface area contributed by atoms with Crippen molar-refractivity contribution < 1.29 is 22.7 Å². The van der Waals surface area contributed by atoms with Crippen molar-refractivity contribution in [1.82, 2.24) is 10.3 Å². The minimum atomic E-state index is -3.35. The van der Waals surface area contributed by atoms with Crippen molar-refractivity contribution in [2.75, 3.05) is 13.4 Å². The number of methoxy groups -OCH3 is 1. The summed E-state index contributed by atoms with van der Waals surface area (Å²) in [5.74, 6) is -1.05. The number of hydrogen-bond acceptors (Lipinski definition) is 5. The molecule has 0 fully saturated rings. The van der Waals surface area contributed by atoms with Gasteiger partial charge in [-0.15, -0.1) is 0 Å². The maximum Gasteiger partial charge on any atom is 0.328 e. The van der Waals surface area contributed by atoms with Crippen LogP contribution in [0.15, 0.2) is 59.6 Å². The van der Waals surface area contributed by atoms with Crippen LogP contribution in [0.3, 0.4) is 0 Å². The minimum Gasteiger partial charge on any atom is -0.467 e. The second-order valence-corrected chi connectivity index (χ2v) is 8.43. The van der Waals surface area contributed by atoms with Gasteiger partial charge in [-0.3, -0.25) is 4.79 Å². The standard InChI is InChI=1S/C20H20N2O5S/c1-27-20(24)18(11-14-12-21-17-6-4-3-5-16(14)17)22-19(23)13-7-9-15(10-8-13)28(2,25)26/h3-10,12,18,21H,11H2,1-2H3,(H,22,23)/t18-/m1/s1. The topological polar surface area (TPSA) is 105 Å². The van der Waals surface area contributed by atoms with E-state index in [-0.39, 0.29) is 16.9 Å². The highest BCUT2D eigenvalue weighted by molar-refractivity contribution is 7.90. The number of amides is 1. The normalized spacial score (nSPS) is 12.5. The van der Waals surface area contributed by atoms with E-state index >= 15 is 0 Å². The van der Waals surface area contributed by atoms with Crippen LogP contribution < -0.4 is 5.32 Å². The summed E-state index contributed by atoms with van der Waals surface area (Å²) in [5, 5.41) is 3.63. The first-order valence-electron chi connectivity index (χ1n) is 8.53. The predicted molar refractivity (Wildman–Crippen MR) is 105 cm³/mol. The van der Waals surface area contributed by atoms with Crippen LogP contribution in [0.5, 0.6) is 0 Å². The molecule has 0 aliphatic carbocycles. The molecule has 1 amide bonds. The van der Waals surface area contributed by atoms with Gasteiger partial charge >= 0.3 is 5.97 Å². The van der Waals surface area contributed by atoms with Gasteiger partial charge in [-0.05, 0) is 35.9 Å². The highest BCUT2D eigenvalue weighted by atomic mass is 32.2. The number of carbonyl (C=O) groups is 2. The van der Waals surface area contributed by atoms with E-state index in [9.17, 15) is 18.0 Å². The summed E-state index contributed by atoms with van der Waals surface area (Å²) in [5.41, 5.74) is 2.06. The summed E-state index contributed by atoms with van der Waals surface area (Å²) in [4.78, 5) is 28.0. The average Bonchev–Trinajstić information content (AvgIpc) is 3.09. The molecule has 0 aliphatic rings. The number of benzene rings is 2. The van der Waals surface area contributed by atoms with Gasteiger partial charge in [-0.25, -0.2) is 13.2 Å². The molecule has 1 heterocycles. The molecule has 0 radical (unpaired) electrons. The number of carbonyl (C=O) groups excluding carboxylic acids is 2. The number of para-hydroxylation sites is 1. The summed E-state index contributed by atoms with van der Waals surface area (Å²) < 4.78 is 27.9. The van der Waals surface area contributed by atoms with Crippen molar-refractivity contribution in [3.63, 3.8) is 0 Å². The lowest BCUT2D eigenvalue weighted by Crippen LogP contribution is -2.43. The molecular formula is C20H20N2O5S. The summed E-state index contributed by atoms with van der Waals surface area (Å²) in [6, 6.07) is 12.3. The van der Waals surface area contributed by atoms with Crippen LogP contribution in [0.25, 0.3) is 10.9 Å². The zero-order valence-corrected chi connectivity index (χ0v) is 16.2. The lowest BCUT2D eigenvalue weighted by molar-refractivity contribution is -0.142. The van der Waals surface area contributed by atoms with Crippen molar-refractivity contribution in [2.45, 2.75) is 17.4 Å². The van der Waals surface area contributed by atoms with Gasteiger partial charge < -0.3 is 15.0 Å². The first-order chi connectivity index (χ1) is 13.3. The number of aromatic amines is 1. The van der Waals surface area contributed by atoms with Gasteiger partial charge in [0, 0.05) is 35.3 Å². The molecule has 0 bridgehead atoms. The second kappa shape index (κ2) is 7.85. The van der Waals surface area contributed by atoms with Gasteiger partial charge in [-0.2, -0.15) is 0 Å². The number of esters is 1. The Morgan fingerprint density at radius 1 is 1.11 bits per heavy atom. The van der Waals surface area contributed by atoms with E-state index in [1.807, 2.05) is 24.3 Å². The molecule has 2 N–H and O–H groups in total. The molecule has 0 saturated carbocycles. The van der Waals surface area contributed by atoms with E-state index in [1.165, 1.54) is 31.4 Å². The van der Waals surface area contributed by atoms with E-state index in [0.717, 1.165) is 22.7 Å². The molecule has 146 valence electrons. The van der Waals surface area contributed by atoms with Gasteiger partial charge in [0.05, 0.1) is 12.0 Å². The summed E-state index contributed by atoms with van der Waals surface area (Å²) in [6.45, 7) is 0. The molecule has 8 heteroatoms.